The molecular formula is C10H3Cl3F2N2. The van der Waals surface area contributed by atoms with E-state index in [2.05, 4.69) is 9.97 Å². The third kappa shape index (κ3) is 2.34. The normalized spacial score (nSPS) is 10.6. The van der Waals surface area contributed by atoms with Crippen molar-refractivity contribution in [2.45, 2.75) is 0 Å². The number of aromatic nitrogens is 2. The molecule has 1 heterocycles. The lowest BCUT2D eigenvalue weighted by molar-refractivity contribution is 0.612. The molecule has 0 aliphatic heterocycles. The van der Waals surface area contributed by atoms with Crippen LogP contribution in [0.15, 0.2) is 18.2 Å². The predicted octanol–water partition coefficient (Wildman–Crippen LogP) is 4.38. The first-order valence-electron chi connectivity index (χ1n) is 4.33. The summed E-state index contributed by atoms with van der Waals surface area (Å²) in [6.45, 7) is 0. The zero-order valence-electron chi connectivity index (χ0n) is 8.02. The predicted molar refractivity (Wildman–Crippen MR) is 62.4 cm³/mol. The molecule has 0 amide bonds. The number of rotatable bonds is 1. The SMILES string of the molecule is Fc1c(Cl)cccc1-c1nc(Cl)c(F)c(Cl)n1. The van der Waals surface area contributed by atoms with Gasteiger partial charge < -0.3 is 0 Å². The molecule has 0 aliphatic rings. The van der Waals surface area contributed by atoms with E-state index >= 15 is 0 Å². The molecule has 17 heavy (non-hydrogen) atoms. The Balaban J connectivity index is 2.65. The molecule has 2 aromatic rings. The van der Waals surface area contributed by atoms with Crippen LogP contribution in [0.1, 0.15) is 0 Å². The highest BCUT2D eigenvalue weighted by atomic mass is 35.5. The third-order valence-corrected chi connectivity index (χ3v) is 2.76. The number of hydrogen-bond donors (Lipinski definition) is 0. The first-order valence-corrected chi connectivity index (χ1v) is 5.47. The average Bonchev–Trinajstić information content (AvgIpc) is 2.29. The molecule has 0 saturated carbocycles. The second-order valence-electron chi connectivity index (χ2n) is 3.04. The molecule has 0 unspecified atom stereocenters. The van der Waals surface area contributed by atoms with Crippen molar-refractivity contribution in [3.05, 3.63) is 45.2 Å². The van der Waals surface area contributed by atoms with Gasteiger partial charge in [0.15, 0.2) is 27.8 Å². The van der Waals surface area contributed by atoms with Gasteiger partial charge in [0.05, 0.1) is 10.6 Å². The van der Waals surface area contributed by atoms with Crippen molar-refractivity contribution in [2.24, 2.45) is 0 Å². The Morgan fingerprint density at radius 2 is 1.47 bits per heavy atom. The van der Waals surface area contributed by atoms with Gasteiger partial charge in [-0.2, -0.15) is 0 Å². The van der Waals surface area contributed by atoms with E-state index in [0.717, 1.165) is 0 Å². The summed E-state index contributed by atoms with van der Waals surface area (Å²) < 4.78 is 26.8. The molecule has 2 nitrogen and oxygen atoms in total. The summed E-state index contributed by atoms with van der Waals surface area (Å²) in [5.74, 6) is -1.78. The van der Waals surface area contributed by atoms with Gasteiger partial charge in [0.2, 0.25) is 0 Å². The fraction of sp³-hybridized carbons (Fsp3) is 0. The fourth-order valence-corrected chi connectivity index (χ4v) is 1.75. The molecule has 88 valence electrons. The second-order valence-corrected chi connectivity index (χ2v) is 4.17. The maximum Gasteiger partial charge on any atom is 0.197 e. The Kier molecular flexibility index (Phi) is 3.47. The van der Waals surface area contributed by atoms with E-state index in [1.54, 1.807) is 0 Å². The van der Waals surface area contributed by atoms with E-state index in [4.69, 9.17) is 34.8 Å². The Morgan fingerprint density at radius 3 is 2.06 bits per heavy atom. The third-order valence-electron chi connectivity index (χ3n) is 1.96. The highest BCUT2D eigenvalue weighted by Crippen LogP contribution is 2.28. The van der Waals surface area contributed by atoms with Gasteiger partial charge >= 0.3 is 0 Å². The van der Waals surface area contributed by atoms with E-state index in [1.807, 2.05) is 0 Å². The minimum Gasteiger partial charge on any atom is -0.213 e. The molecule has 1 aromatic heterocycles. The smallest absolute Gasteiger partial charge is 0.197 e. The van der Waals surface area contributed by atoms with E-state index in [9.17, 15) is 8.78 Å². The van der Waals surface area contributed by atoms with Crippen LogP contribution in [0, 0.1) is 11.6 Å². The molecule has 0 saturated heterocycles. The monoisotopic (exact) mass is 294 g/mol. The molecule has 0 fully saturated rings. The largest absolute Gasteiger partial charge is 0.213 e. The Labute approximate surface area is 110 Å². The first-order chi connectivity index (χ1) is 8.00. The van der Waals surface area contributed by atoms with Crippen molar-refractivity contribution in [1.29, 1.82) is 0 Å². The molecule has 0 aliphatic carbocycles. The summed E-state index contributed by atoms with van der Waals surface area (Å²) >= 11 is 16.6. The maximum atomic E-state index is 13.7. The molecule has 1 aromatic carbocycles. The highest BCUT2D eigenvalue weighted by Gasteiger charge is 2.16. The highest BCUT2D eigenvalue weighted by molar-refractivity contribution is 6.33. The maximum absolute atomic E-state index is 13.7. The van der Waals surface area contributed by atoms with E-state index in [-0.39, 0.29) is 16.4 Å². The second kappa shape index (κ2) is 4.72. The number of benzene rings is 1. The van der Waals surface area contributed by atoms with Gasteiger partial charge in [-0.3, -0.25) is 0 Å². The number of halogens is 5. The van der Waals surface area contributed by atoms with Gasteiger partial charge in [0.25, 0.3) is 0 Å². The van der Waals surface area contributed by atoms with E-state index < -0.39 is 21.9 Å². The lowest BCUT2D eigenvalue weighted by Crippen LogP contribution is -1.96. The van der Waals surface area contributed by atoms with Crippen molar-refractivity contribution in [3.63, 3.8) is 0 Å². The van der Waals surface area contributed by atoms with Crippen LogP contribution in [0.4, 0.5) is 8.78 Å². The van der Waals surface area contributed by atoms with Crippen LogP contribution in [0.3, 0.4) is 0 Å². The summed E-state index contributed by atoms with van der Waals surface area (Å²) in [4.78, 5) is 7.20. The molecule has 0 spiro atoms. The van der Waals surface area contributed by atoms with Crippen molar-refractivity contribution >= 4 is 34.8 Å². The lowest BCUT2D eigenvalue weighted by Gasteiger charge is -2.04. The van der Waals surface area contributed by atoms with Gasteiger partial charge in [0, 0.05) is 0 Å². The molecule has 0 N–H and O–H groups in total. The average molecular weight is 296 g/mol. The molecule has 0 bridgehead atoms. The molecule has 0 radical (unpaired) electrons. The Hall–Kier alpha value is -0.970. The summed E-state index contributed by atoms with van der Waals surface area (Å²) in [7, 11) is 0. The van der Waals surface area contributed by atoms with Crippen molar-refractivity contribution in [3.8, 4) is 11.4 Å². The zero-order chi connectivity index (χ0) is 12.6. The quantitative estimate of drug-likeness (QED) is 0.730. The topological polar surface area (TPSA) is 25.8 Å². The summed E-state index contributed by atoms with van der Waals surface area (Å²) in [5, 5.41) is -1.04. The van der Waals surface area contributed by atoms with Gasteiger partial charge in [0.1, 0.15) is 0 Å². The lowest BCUT2D eigenvalue weighted by atomic mass is 10.2. The van der Waals surface area contributed by atoms with Crippen molar-refractivity contribution < 1.29 is 8.78 Å². The van der Waals surface area contributed by atoms with Gasteiger partial charge in [-0.15, -0.1) is 0 Å². The number of hydrogen-bond acceptors (Lipinski definition) is 2. The van der Waals surface area contributed by atoms with Gasteiger partial charge in [-0.1, -0.05) is 40.9 Å². The molecule has 0 atom stereocenters. The van der Waals surface area contributed by atoms with Crippen molar-refractivity contribution in [2.75, 3.05) is 0 Å². The minimum atomic E-state index is -0.945. The Bertz CT molecular complexity index is 567. The molecule has 7 heteroatoms. The summed E-state index contributed by atoms with van der Waals surface area (Å²) in [5.41, 5.74) is 0.00120. The van der Waals surface area contributed by atoms with Crippen LogP contribution >= 0.6 is 34.8 Å². The minimum absolute atomic E-state index is 0.00120. The van der Waals surface area contributed by atoms with E-state index in [0.29, 0.717) is 0 Å². The Morgan fingerprint density at radius 1 is 0.882 bits per heavy atom. The van der Waals surface area contributed by atoms with E-state index in [1.165, 1.54) is 18.2 Å². The van der Waals surface area contributed by atoms with Crippen molar-refractivity contribution in [1.82, 2.24) is 9.97 Å². The molecule has 2 rings (SSSR count). The number of nitrogens with zero attached hydrogens (tertiary/aromatic N) is 2. The first kappa shape index (κ1) is 12.5. The molecular weight excluding hydrogens is 292 g/mol. The zero-order valence-corrected chi connectivity index (χ0v) is 10.3. The van der Waals surface area contributed by atoms with Crippen LogP contribution in [0.25, 0.3) is 11.4 Å². The van der Waals surface area contributed by atoms with Crippen LogP contribution < -0.4 is 0 Å². The van der Waals surface area contributed by atoms with Crippen LogP contribution in [-0.4, -0.2) is 9.97 Å². The van der Waals surface area contributed by atoms with Gasteiger partial charge in [-0.25, -0.2) is 18.7 Å². The fourth-order valence-electron chi connectivity index (χ4n) is 1.19. The van der Waals surface area contributed by atoms with Crippen LogP contribution in [0.2, 0.25) is 15.3 Å². The summed E-state index contributed by atoms with van der Waals surface area (Å²) in [6.07, 6.45) is 0. The standard InChI is InChI=1S/C10H3Cl3F2N2/c11-5-3-1-2-4(6(5)14)10-16-8(12)7(15)9(13)17-10/h1-3H. The van der Waals surface area contributed by atoms with Crippen LogP contribution in [-0.2, 0) is 0 Å². The van der Waals surface area contributed by atoms with Crippen LogP contribution in [0.5, 0.6) is 0 Å². The van der Waals surface area contributed by atoms with Gasteiger partial charge in [-0.05, 0) is 12.1 Å². The summed E-state index contributed by atoms with van der Waals surface area (Å²) in [6, 6.07) is 4.27.